The summed E-state index contributed by atoms with van der Waals surface area (Å²) < 4.78 is 40.3. The number of pyridine rings is 1. The van der Waals surface area contributed by atoms with Crippen molar-refractivity contribution in [3.63, 3.8) is 0 Å². The number of halogens is 3. The van der Waals surface area contributed by atoms with Gasteiger partial charge in [0.05, 0.1) is 6.04 Å². The Hall–Kier alpha value is -3.17. The largest absolute Gasteiger partial charge is 0.433 e. The molecule has 7 nitrogen and oxygen atoms in total. The average Bonchev–Trinajstić information content (AvgIpc) is 3.12. The van der Waals surface area contributed by atoms with Crippen molar-refractivity contribution >= 4 is 5.91 Å². The van der Waals surface area contributed by atoms with Gasteiger partial charge in [0.25, 0.3) is 5.91 Å². The fraction of sp³-hybridized carbons (Fsp3) is 0.368. The Bertz CT molecular complexity index is 1050. The molecular formula is C19H19F3N6O. The van der Waals surface area contributed by atoms with E-state index in [-0.39, 0.29) is 6.04 Å². The highest BCUT2D eigenvalue weighted by atomic mass is 19.4. The molecule has 0 aromatic carbocycles. The van der Waals surface area contributed by atoms with Gasteiger partial charge in [-0.15, -0.1) is 0 Å². The van der Waals surface area contributed by atoms with E-state index >= 15 is 0 Å². The summed E-state index contributed by atoms with van der Waals surface area (Å²) in [6, 6.07) is 2.13. The van der Waals surface area contributed by atoms with E-state index in [1.54, 1.807) is 11.5 Å². The molecule has 0 aliphatic heterocycles. The Morgan fingerprint density at radius 3 is 2.52 bits per heavy atom. The first-order chi connectivity index (χ1) is 13.6. The standard InChI is InChI=1S/C19H19F3N6O/c1-10-13(8-28(15(10)16(23)29)11(2)17-25-9-26-27-17)18(5-6-18)12-3-4-14(24-7-12)19(20,21)22/h3-4,7-9,11H,5-6H2,1-2H3,(H2,23,29)(H,25,26,27). The zero-order valence-electron chi connectivity index (χ0n) is 15.8. The van der Waals surface area contributed by atoms with Crippen LogP contribution in [-0.4, -0.2) is 30.6 Å². The Morgan fingerprint density at radius 1 is 1.31 bits per heavy atom. The number of nitrogens with one attached hydrogen (secondary N) is 1. The molecule has 0 radical (unpaired) electrons. The lowest BCUT2D eigenvalue weighted by Gasteiger charge is -2.17. The molecule has 1 unspecified atom stereocenters. The maximum absolute atomic E-state index is 12.9. The van der Waals surface area contributed by atoms with Crippen LogP contribution >= 0.6 is 0 Å². The van der Waals surface area contributed by atoms with Crippen molar-refractivity contribution in [1.29, 1.82) is 0 Å². The number of primary amides is 1. The molecule has 1 aliphatic rings. The van der Waals surface area contributed by atoms with E-state index in [1.165, 1.54) is 18.6 Å². The van der Waals surface area contributed by atoms with Gasteiger partial charge in [0.1, 0.15) is 23.5 Å². The molecule has 0 bridgehead atoms. The van der Waals surface area contributed by atoms with E-state index in [0.29, 0.717) is 22.6 Å². The van der Waals surface area contributed by atoms with E-state index in [4.69, 9.17) is 5.73 Å². The molecule has 3 aromatic heterocycles. The van der Waals surface area contributed by atoms with Crippen LogP contribution in [0.2, 0.25) is 0 Å². The second-order valence-corrected chi connectivity index (χ2v) is 7.35. The summed E-state index contributed by atoms with van der Waals surface area (Å²) in [6.45, 7) is 3.66. The van der Waals surface area contributed by atoms with Crippen LogP contribution in [0.1, 0.15) is 64.5 Å². The summed E-state index contributed by atoms with van der Waals surface area (Å²) in [5.74, 6) is -0.0171. The molecule has 10 heteroatoms. The lowest BCUT2D eigenvalue weighted by molar-refractivity contribution is -0.141. The maximum atomic E-state index is 12.9. The van der Waals surface area contributed by atoms with Gasteiger partial charge in [-0.2, -0.15) is 18.3 Å². The maximum Gasteiger partial charge on any atom is 0.433 e. The van der Waals surface area contributed by atoms with Crippen LogP contribution < -0.4 is 5.73 Å². The van der Waals surface area contributed by atoms with Crippen LogP contribution in [0.3, 0.4) is 0 Å². The van der Waals surface area contributed by atoms with Crippen LogP contribution in [0.15, 0.2) is 30.9 Å². The van der Waals surface area contributed by atoms with Crippen molar-refractivity contribution < 1.29 is 18.0 Å². The van der Waals surface area contributed by atoms with Gasteiger partial charge in [-0.3, -0.25) is 14.9 Å². The van der Waals surface area contributed by atoms with Gasteiger partial charge >= 0.3 is 6.18 Å². The van der Waals surface area contributed by atoms with Crippen LogP contribution in [-0.2, 0) is 11.6 Å². The first-order valence-electron chi connectivity index (χ1n) is 9.06. The number of nitrogens with zero attached hydrogens (tertiary/aromatic N) is 4. The number of hydrogen-bond acceptors (Lipinski definition) is 4. The summed E-state index contributed by atoms with van der Waals surface area (Å²) in [5.41, 5.74) is 6.85. The van der Waals surface area contributed by atoms with Crippen LogP contribution in [0, 0.1) is 6.92 Å². The SMILES string of the molecule is Cc1c(C2(c3ccc(C(F)(F)F)nc3)CC2)cn(C(C)c2ncn[nH]2)c1C(N)=O. The molecule has 29 heavy (non-hydrogen) atoms. The van der Waals surface area contributed by atoms with Gasteiger partial charge in [0, 0.05) is 17.8 Å². The Labute approximate surface area is 164 Å². The Balaban J connectivity index is 1.79. The minimum atomic E-state index is -4.49. The summed E-state index contributed by atoms with van der Waals surface area (Å²) >= 11 is 0. The summed E-state index contributed by atoms with van der Waals surface area (Å²) in [4.78, 5) is 19.9. The smallest absolute Gasteiger partial charge is 0.364 e. The highest BCUT2D eigenvalue weighted by molar-refractivity contribution is 5.93. The molecule has 1 atom stereocenters. The molecule has 4 rings (SSSR count). The second kappa shape index (κ2) is 6.43. The highest BCUT2D eigenvalue weighted by Gasteiger charge is 2.49. The molecule has 3 heterocycles. The third-order valence-electron chi connectivity index (χ3n) is 5.64. The minimum Gasteiger partial charge on any atom is -0.364 e. The van der Waals surface area contributed by atoms with Crippen LogP contribution in [0.4, 0.5) is 13.2 Å². The Morgan fingerprint density at radius 2 is 2.03 bits per heavy atom. The third-order valence-corrected chi connectivity index (χ3v) is 5.64. The van der Waals surface area contributed by atoms with Crippen LogP contribution in [0.5, 0.6) is 0 Å². The lowest BCUT2D eigenvalue weighted by atomic mass is 9.88. The molecule has 0 saturated heterocycles. The van der Waals surface area contributed by atoms with Gasteiger partial charge in [0.15, 0.2) is 0 Å². The van der Waals surface area contributed by atoms with Crippen molar-refractivity contribution in [1.82, 2.24) is 24.7 Å². The number of H-pyrrole nitrogens is 1. The van der Waals surface area contributed by atoms with Crippen LogP contribution in [0.25, 0.3) is 0 Å². The summed E-state index contributed by atoms with van der Waals surface area (Å²) in [5, 5.41) is 6.63. The molecule has 3 aromatic rings. The Kier molecular flexibility index (Phi) is 4.25. The number of hydrogen-bond donors (Lipinski definition) is 2. The third kappa shape index (κ3) is 3.08. The van der Waals surface area contributed by atoms with Gasteiger partial charge in [-0.1, -0.05) is 6.07 Å². The van der Waals surface area contributed by atoms with E-state index < -0.39 is 23.2 Å². The second-order valence-electron chi connectivity index (χ2n) is 7.35. The van der Waals surface area contributed by atoms with Gasteiger partial charge in [-0.25, -0.2) is 4.98 Å². The molecule has 1 amide bonds. The first-order valence-corrected chi connectivity index (χ1v) is 9.06. The number of aromatic nitrogens is 5. The zero-order valence-corrected chi connectivity index (χ0v) is 15.8. The van der Waals surface area contributed by atoms with E-state index in [2.05, 4.69) is 20.2 Å². The van der Waals surface area contributed by atoms with Crippen molar-refractivity contribution in [2.45, 2.75) is 44.3 Å². The number of nitrogens with two attached hydrogens (primary N) is 1. The fourth-order valence-corrected chi connectivity index (χ4v) is 3.95. The first kappa shape index (κ1) is 19.2. The van der Waals surface area contributed by atoms with Crippen molar-refractivity contribution in [3.8, 4) is 0 Å². The highest BCUT2D eigenvalue weighted by Crippen LogP contribution is 2.55. The lowest BCUT2D eigenvalue weighted by Crippen LogP contribution is -2.20. The number of aromatic amines is 1. The number of alkyl halides is 3. The minimum absolute atomic E-state index is 0.325. The monoisotopic (exact) mass is 404 g/mol. The number of amides is 1. The molecule has 152 valence electrons. The normalized spacial score (nSPS) is 16.6. The van der Waals surface area contributed by atoms with Crippen molar-refractivity contribution in [2.24, 2.45) is 5.73 Å². The van der Waals surface area contributed by atoms with Gasteiger partial charge in [-0.05, 0) is 49.4 Å². The number of carbonyl (C=O) groups is 1. The molecule has 1 aliphatic carbocycles. The molecule has 0 spiro atoms. The number of rotatable bonds is 5. The van der Waals surface area contributed by atoms with E-state index in [1.807, 2.05) is 13.1 Å². The van der Waals surface area contributed by atoms with Crippen molar-refractivity contribution in [3.05, 3.63) is 64.8 Å². The molecule has 1 saturated carbocycles. The quantitative estimate of drug-likeness (QED) is 0.682. The van der Waals surface area contributed by atoms with Gasteiger partial charge in [0.2, 0.25) is 0 Å². The predicted octanol–water partition coefficient (Wildman–Crippen LogP) is 3.12. The van der Waals surface area contributed by atoms with Gasteiger partial charge < -0.3 is 10.3 Å². The summed E-state index contributed by atoms with van der Waals surface area (Å²) in [6.07, 6.45) is 1.51. The van der Waals surface area contributed by atoms with E-state index in [9.17, 15) is 18.0 Å². The molecule has 3 N–H and O–H groups in total. The topological polar surface area (TPSA) is 102 Å². The molecule has 1 fully saturated rings. The zero-order chi connectivity index (χ0) is 21.0. The predicted molar refractivity (Wildman–Crippen MR) is 97.1 cm³/mol. The average molecular weight is 404 g/mol. The molecular weight excluding hydrogens is 385 g/mol. The van der Waals surface area contributed by atoms with E-state index in [0.717, 1.165) is 24.5 Å². The number of carbonyl (C=O) groups excluding carboxylic acids is 1. The summed E-state index contributed by atoms with van der Waals surface area (Å²) in [7, 11) is 0. The fourth-order valence-electron chi connectivity index (χ4n) is 3.95. The van der Waals surface area contributed by atoms with Crippen molar-refractivity contribution in [2.75, 3.05) is 0 Å².